The maximum absolute atomic E-state index is 12.2. The van der Waals surface area contributed by atoms with Gasteiger partial charge in [-0.1, -0.05) is 29.3 Å². The molecule has 134 valence electrons. The Kier molecular flexibility index (Phi) is 6.24. The number of carbonyl (C=O) groups is 1. The normalized spacial score (nSPS) is 15.4. The highest BCUT2D eigenvalue weighted by Gasteiger charge is 2.21. The second-order valence-corrected chi connectivity index (χ2v) is 6.90. The first-order valence-electron chi connectivity index (χ1n) is 8.33. The van der Waals surface area contributed by atoms with E-state index in [9.17, 15) is 4.79 Å². The lowest BCUT2D eigenvalue weighted by molar-refractivity contribution is 0.139. The van der Waals surface area contributed by atoms with E-state index in [1.54, 1.807) is 12.3 Å². The van der Waals surface area contributed by atoms with Crippen molar-refractivity contribution in [3.63, 3.8) is 0 Å². The molecular formula is C18H21Cl2N3O2. The lowest BCUT2D eigenvalue weighted by Crippen LogP contribution is -2.51. The van der Waals surface area contributed by atoms with Crippen LogP contribution in [0.4, 0.5) is 4.79 Å². The van der Waals surface area contributed by atoms with E-state index in [1.807, 2.05) is 29.2 Å². The maximum Gasteiger partial charge on any atom is 0.317 e. The molecule has 5 nitrogen and oxygen atoms in total. The van der Waals surface area contributed by atoms with Crippen LogP contribution < -0.4 is 5.32 Å². The number of urea groups is 1. The summed E-state index contributed by atoms with van der Waals surface area (Å²) in [5, 5.41) is 4.25. The summed E-state index contributed by atoms with van der Waals surface area (Å²) in [5.41, 5.74) is 1.10. The maximum atomic E-state index is 12.2. The number of hydrogen-bond donors (Lipinski definition) is 1. The van der Waals surface area contributed by atoms with Crippen LogP contribution in [0.15, 0.2) is 41.0 Å². The smallest absolute Gasteiger partial charge is 0.317 e. The van der Waals surface area contributed by atoms with Gasteiger partial charge < -0.3 is 14.6 Å². The molecule has 0 spiro atoms. The van der Waals surface area contributed by atoms with Gasteiger partial charge in [0.2, 0.25) is 0 Å². The fourth-order valence-electron chi connectivity index (χ4n) is 2.87. The Morgan fingerprint density at radius 3 is 2.64 bits per heavy atom. The van der Waals surface area contributed by atoms with Crippen molar-refractivity contribution < 1.29 is 9.21 Å². The monoisotopic (exact) mass is 381 g/mol. The summed E-state index contributed by atoms with van der Waals surface area (Å²) >= 11 is 12.1. The van der Waals surface area contributed by atoms with E-state index < -0.39 is 0 Å². The molecule has 0 atom stereocenters. The Morgan fingerprint density at radius 1 is 1.16 bits per heavy atom. The highest BCUT2D eigenvalue weighted by molar-refractivity contribution is 6.35. The molecule has 0 radical (unpaired) electrons. The SMILES string of the molecule is O=C(NCc1ccco1)N1CCN(CCc2ccc(Cl)cc2Cl)CC1. The summed E-state index contributed by atoms with van der Waals surface area (Å²) in [4.78, 5) is 16.4. The van der Waals surface area contributed by atoms with E-state index >= 15 is 0 Å². The molecule has 1 saturated heterocycles. The van der Waals surface area contributed by atoms with Crippen LogP contribution in [-0.4, -0.2) is 48.6 Å². The van der Waals surface area contributed by atoms with Gasteiger partial charge in [-0.05, 0) is 36.2 Å². The van der Waals surface area contributed by atoms with Crippen LogP contribution in [0.2, 0.25) is 10.0 Å². The average Bonchev–Trinajstić information content (AvgIpc) is 3.13. The van der Waals surface area contributed by atoms with Gasteiger partial charge >= 0.3 is 6.03 Å². The zero-order valence-electron chi connectivity index (χ0n) is 13.9. The second-order valence-electron chi connectivity index (χ2n) is 6.05. The van der Waals surface area contributed by atoms with Crippen LogP contribution >= 0.6 is 23.2 Å². The van der Waals surface area contributed by atoms with E-state index in [4.69, 9.17) is 27.6 Å². The number of benzene rings is 1. The van der Waals surface area contributed by atoms with Crippen LogP contribution in [0.5, 0.6) is 0 Å². The number of hydrogen-bond acceptors (Lipinski definition) is 3. The Bertz CT molecular complexity index is 698. The fourth-order valence-corrected chi connectivity index (χ4v) is 3.37. The Balaban J connectivity index is 1.40. The standard InChI is InChI=1S/C18H21Cl2N3O2/c19-15-4-3-14(17(20)12-15)5-6-22-7-9-23(10-8-22)18(24)21-13-16-2-1-11-25-16/h1-4,11-12H,5-10,13H2,(H,21,24). The number of nitrogens with one attached hydrogen (secondary N) is 1. The molecule has 3 rings (SSSR count). The number of piperazine rings is 1. The van der Waals surface area contributed by atoms with Crippen LogP contribution in [0.25, 0.3) is 0 Å². The average molecular weight is 382 g/mol. The number of halogens is 2. The van der Waals surface area contributed by atoms with Gasteiger partial charge in [0.05, 0.1) is 12.8 Å². The first kappa shape index (κ1) is 18.1. The number of carbonyl (C=O) groups excluding carboxylic acids is 1. The summed E-state index contributed by atoms with van der Waals surface area (Å²) in [5.74, 6) is 0.756. The van der Waals surface area contributed by atoms with Gasteiger partial charge in [-0.25, -0.2) is 4.79 Å². The van der Waals surface area contributed by atoms with Crippen molar-refractivity contribution in [3.8, 4) is 0 Å². The zero-order chi connectivity index (χ0) is 17.6. The summed E-state index contributed by atoms with van der Waals surface area (Å²) in [6.07, 6.45) is 2.48. The van der Waals surface area contributed by atoms with Crippen LogP contribution in [0, 0.1) is 0 Å². The van der Waals surface area contributed by atoms with Crippen LogP contribution in [-0.2, 0) is 13.0 Å². The highest BCUT2D eigenvalue weighted by atomic mass is 35.5. The Labute approximate surface area is 157 Å². The lowest BCUT2D eigenvalue weighted by Gasteiger charge is -2.34. The minimum atomic E-state index is -0.0446. The van der Waals surface area contributed by atoms with E-state index in [0.717, 1.165) is 50.5 Å². The van der Waals surface area contributed by atoms with Crippen molar-refractivity contribution in [2.24, 2.45) is 0 Å². The molecule has 0 bridgehead atoms. The van der Waals surface area contributed by atoms with E-state index in [-0.39, 0.29) is 6.03 Å². The van der Waals surface area contributed by atoms with Crippen molar-refractivity contribution in [3.05, 3.63) is 58.0 Å². The predicted molar refractivity (Wildman–Crippen MR) is 99.1 cm³/mol. The topological polar surface area (TPSA) is 48.7 Å². The Hall–Kier alpha value is -1.69. The molecule has 0 aliphatic carbocycles. The molecule has 0 saturated carbocycles. The minimum Gasteiger partial charge on any atom is -0.467 e. The fraction of sp³-hybridized carbons (Fsp3) is 0.389. The molecule has 2 amide bonds. The molecule has 1 N–H and O–H groups in total. The van der Waals surface area contributed by atoms with Crippen molar-refractivity contribution in [2.75, 3.05) is 32.7 Å². The van der Waals surface area contributed by atoms with Gasteiger partial charge in [-0.15, -0.1) is 0 Å². The van der Waals surface area contributed by atoms with Crippen molar-refractivity contribution in [2.45, 2.75) is 13.0 Å². The summed E-state index contributed by atoms with van der Waals surface area (Å²) in [7, 11) is 0. The van der Waals surface area contributed by atoms with Gasteiger partial charge in [0.15, 0.2) is 0 Å². The number of nitrogens with zero attached hydrogens (tertiary/aromatic N) is 2. The van der Waals surface area contributed by atoms with Crippen LogP contribution in [0.3, 0.4) is 0 Å². The molecule has 1 fully saturated rings. The molecule has 7 heteroatoms. The largest absolute Gasteiger partial charge is 0.467 e. The van der Waals surface area contributed by atoms with Gasteiger partial charge in [0.25, 0.3) is 0 Å². The van der Waals surface area contributed by atoms with Gasteiger partial charge in [0.1, 0.15) is 5.76 Å². The first-order chi connectivity index (χ1) is 12.1. The van der Waals surface area contributed by atoms with E-state index in [2.05, 4.69) is 10.2 Å². The van der Waals surface area contributed by atoms with Crippen LogP contribution in [0.1, 0.15) is 11.3 Å². The molecule has 1 aromatic heterocycles. The summed E-state index contributed by atoms with van der Waals surface area (Å²) in [6.45, 7) is 4.50. The molecule has 0 unspecified atom stereocenters. The number of furan rings is 1. The molecule has 1 aliphatic rings. The summed E-state index contributed by atoms with van der Waals surface area (Å²) < 4.78 is 5.22. The van der Waals surface area contributed by atoms with E-state index in [0.29, 0.717) is 16.6 Å². The third-order valence-electron chi connectivity index (χ3n) is 4.37. The van der Waals surface area contributed by atoms with Crippen molar-refractivity contribution >= 4 is 29.2 Å². The number of amides is 2. The predicted octanol–water partition coefficient (Wildman–Crippen LogP) is 3.66. The molecule has 1 aliphatic heterocycles. The number of rotatable bonds is 5. The molecule has 25 heavy (non-hydrogen) atoms. The van der Waals surface area contributed by atoms with E-state index in [1.165, 1.54) is 0 Å². The lowest BCUT2D eigenvalue weighted by atomic mass is 10.1. The van der Waals surface area contributed by atoms with Gasteiger partial charge in [-0.2, -0.15) is 0 Å². The second kappa shape index (κ2) is 8.61. The van der Waals surface area contributed by atoms with Gasteiger partial charge in [0, 0.05) is 42.8 Å². The Morgan fingerprint density at radius 2 is 1.96 bits per heavy atom. The first-order valence-corrected chi connectivity index (χ1v) is 9.09. The van der Waals surface area contributed by atoms with Gasteiger partial charge in [-0.3, -0.25) is 4.90 Å². The third kappa shape index (κ3) is 5.14. The third-order valence-corrected chi connectivity index (χ3v) is 4.95. The quantitative estimate of drug-likeness (QED) is 0.859. The highest BCUT2D eigenvalue weighted by Crippen LogP contribution is 2.21. The van der Waals surface area contributed by atoms with Crippen molar-refractivity contribution in [1.82, 2.24) is 15.1 Å². The molecule has 1 aromatic carbocycles. The molecule has 2 aromatic rings. The minimum absolute atomic E-state index is 0.0446. The zero-order valence-corrected chi connectivity index (χ0v) is 15.4. The summed E-state index contributed by atoms with van der Waals surface area (Å²) in [6, 6.07) is 9.23. The molecule has 2 heterocycles. The van der Waals surface area contributed by atoms with Crippen molar-refractivity contribution in [1.29, 1.82) is 0 Å². The molecular weight excluding hydrogens is 361 g/mol.